The van der Waals surface area contributed by atoms with Gasteiger partial charge in [0.15, 0.2) is 11.5 Å². The fourth-order valence-electron chi connectivity index (χ4n) is 15.4. The lowest BCUT2D eigenvalue weighted by Crippen LogP contribution is -2.49. The van der Waals surface area contributed by atoms with Crippen molar-refractivity contribution in [2.24, 2.45) is 30.5 Å². The lowest BCUT2D eigenvalue weighted by Gasteiger charge is -2.40. The molecule has 26 heteroatoms. The number of carbonyl (C=O) groups excluding carboxylic acids is 8. The molecule has 9 heterocycles. The Balaban J connectivity index is 0.548. The standard InChI is InChI=1S/C72H93FN16O9/c1-46(2)98-65(94)43-76-61(90)42-75-62(91)45-89-58-9-7-8-55(56-39-59-53(38-57(56)73)40-78-82(59)3)66(58)67(81-89)50-22-32-86(33-23-50)64(93)15-14-63(92)85-30-16-47(17-31-85)44-83-28-18-51(19-29-83)71(96)88-36-24-52(25-37-88)72(97)87-34-20-49(21-35-87)48-10-12-54(13-11-48)79-70-68(69(74)95)77-41-60(80-70)84-26-5-4-6-27-84/h7-13,38-41,46-47,49-52H,4-6,14-37,42-45H2,1-3H3,(H2,74,95)(H,75,91)(H,76,90)(H,79,80). The number of esters is 1. The number of aromatic nitrogens is 6. The van der Waals surface area contributed by atoms with Gasteiger partial charge in [0.2, 0.25) is 35.4 Å². The summed E-state index contributed by atoms with van der Waals surface area (Å²) in [7, 11) is 1.79. The van der Waals surface area contributed by atoms with E-state index < -0.39 is 29.5 Å². The molecule has 0 spiro atoms. The van der Waals surface area contributed by atoms with Gasteiger partial charge in [-0.3, -0.25) is 47.7 Å². The maximum atomic E-state index is 16.1. The number of ether oxygens (including phenoxy) is 1. The fourth-order valence-corrected chi connectivity index (χ4v) is 15.4. The van der Waals surface area contributed by atoms with Crippen LogP contribution in [-0.4, -0.2) is 206 Å². The van der Waals surface area contributed by atoms with Crippen LogP contribution in [-0.2, 0) is 51.9 Å². The third kappa shape index (κ3) is 16.4. The average Bonchev–Trinajstić information content (AvgIpc) is 1.57. The van der Waals surface area contributed by atoms with Crippen LogP contribution < -0.4 is 26.6 Å². The number of nitrogens with one attached hydrogen (secondary N) is 3. The fraction of sp³-hybridized carbons (Fsp3) is 0.556. The van der Waals surface area contributed by atoms with Gasteiger partial charge in [-0.15, -0.1) is 0 Å². The molecule has 522 valence electrons. The Morgan fingerprint density at radius 1 is 0.643 bits per heavy atom. The molecule has 98 heavy (non-hydrogen) atoms. The van der Waals surface area contributed by atoms with Crippen LogP contribution in [0.5, 0.6) is 0 Å². The molecule has 5 N–H and O–H groups in total. The molecule has 7 amide bonds. The number of hydrogen-bond acceptors (Lipinski definition) is 16. The normalized spacial score (nSPS) is 18.4. The van der Waals surface area contributed by atoms with Crippen LogP contribution in [0.25, 0.3) is 32.9 Å². The second kappa shape index (κ2) is 31.2. The molecule has 0 radical (unpaired) electrons. The van der Waals surface area contributed by atoms with Gasteiger partial charge in [-0.1, -0.05) is 24.3 Å². The van der Waals surface area contributed by atoms with Gasteiger partial charge in [-0.05, 0) is 164 Å². The summed E-state index contributed by atoms with van der Waals surface area (Å²) >= 11 is 0. The molecule has 0 unspecified atom stereocenters. The topological polar surface area (TPSA) is 289 Å². The second-order valence-electron chi connectivity index (χ2n) is 27.8. The largest absolute Gasteiger partial charge is 0.462 e. The summed E-state index contributed by atoms with van der Waals surface area (Å²) in [6, 6.07) is 16.9. The van der Waals surface area contributed by atoms with E-state index in [-0.39, 0.29) is 85.7 Å². The average molecular weight is 1350 g/mol. The highest BCUT2D eigenvalue weighted by Crippen LogP contribution is 2.41. The minimum absolute atomic E-state index is 0.0170. The van der Waals surface area contributed by atoms with Crippen molar-refractivity contribution in [2.45, 2.75) is 135 Å². The van der Waals surface area contributed by atoms with E-state index in [9.17, 15) is 38.4 Å². The molecule has 0 saturated carbocycles. The Morgan fingerprint density at radius 2 is 1.24 bits per heavy atom. The number of rotatable bonds is 21. The Hall–Kier alpha value is -9.07. The molecule has 6 saturated heterocycles. The van der Waals surface area contributed by atoms with Crippen molar-refractivity contribution in [1.29, 1.82) is 0 Å². The maximum absolute atomic E-state index is 16.1. The highest BCUT2D eigenvalue weighted by Gasteiger charge is 2.37. The smallest absolute Gasteiger partial charge is 0.325 e. The lowest BCUT2D eigenvalue weighted by molar-refractivity contribution is -0.147. The first kappa shape index (κ1) is 68.9. The van der Waals surface area contributed by atoms with Gasteiger partial charge in [0.05, 0.1) is 41.8 Å². The van der Waals surface area contributed by atoms with Gasteiger partial charge in [-0.2, -0.15) is 10.2 Å². The molecule has 6 aromatic rings. The van der Waals surface area contributed by atoms with Gasteiger partial charge in [-0.25, -0.2) is 14.4 Å². The summed E-state index contributed by atoms with van der Waals surface area (Å²) in [6.45, 7) is 11.7. The Bertz CT molecular complexity index is 3890. The van der Waals surface area contributed by atoms with Gasteiger partial charge in [0.25, 0.3) is 5.91 Å². The summed E-state index contributed by atoms with van der Waals surface area (Å²) in [6.07, 6.45) is 14.1. The molecule has 3 aromatic carbocycles. The van der Waals surface area contributed by atoms with Crippen LogP contribution in [0.1, 0.15) is 144 Å². The van der Waals surface area contributed by atoms with Crippen LogP contribution in [0.3, 0.4) is 0 Å². The number of anilines is 3. The zero-order valence-corrected chi connectivity index (χ0v) is 56.7. The number of benzene rings is 3. The number of primary amides is 1. The molecule has 0 atom stereocenters. The molecular weight excluding hydrogens is 1250 g/mol. The maximum Gasteiger partial charge on any atom is 0.325 e. The van der Waals surface area contributed by atoms with E-state index in [0.717, 1.165) is 101 Å². The van der Waals surface area contributed by atoms with Gasteiger partial charge in [0, 0.05) is 132 Å². The van der Waals surface area contributed by atoms with Crippen LogP contribution in [0, 0.1) is 23.6 Å². The summed E-state index contributed by atoms with van der Waals surface area (Å²) in [5, 5.41) is 19.0. The Labute approximate surface area is 570 Å². The van der Waals surface area contributed by atoms with E-state index in [1.165, 1.54) is 18.1 Å². The van der Waals surface area contributed by atoms with Crippen molar-refractivity contribution in [3.8, 4) is 11.1 Å². The third-order valence-electron chi connectivity index (χ3n) is 21.0. The van der Waals surface area contributed by atoms with Gasteiger partial charge >= 0.3 is 5.97 Å². The molecular formula is C72H93FN16O9. The molecule has 12 rings (SSSR count). The predicted octanol–water partition coefficient (Wildman–Crippen LogP) is 6.62. The summed E-state index contributed by atoms with van der Waals surface area (Å²) in [5.41, 5.74) is 10.7. The molecule has 6 fully saturated rings. The van der Waals surface area contributed by atoms with E-state index in [1.807, 2.05) is 39.0 Å². The molecule has 0 bridgehead atoms. The van der Waals surface area contributed by atoms with Crippen molar-refractivity contribution < 1.29 is 47.5 Å². The molecule has 6 aliphatic rings. The van der Waals surface area contributed by atoms with E-state index in [2.05, 4.69) is 48.0 Å². The van der Waals surface area contributed by atoms with Gasteiger partial charge < -0.3 is 55.8 Å². The summed E-state index contributed by atoms with van der Waals surface area (Å²) in [4.78, 5) is 127. The lowest BCUT2D eigenvalue weighted by atomic mass is 9.87. The zero-order chi connectivity index (χ0) is 68.6. The van der Waals surface area contributed by atoms with E-state index in [0.29, 0.717) is 129 Å². The Morgan fingerprint density at radius 3 is 1.89 bits per heavy atom. The van der Waals surface area contributed by atoms with Crippen LogP contribution in [0.2, 0.25) is 0 Å². The van der Waals surface area contributed by atoms with Crippen molar-refractivity contribution in [1.82, 2.24) is 64.7 Å². The number of nitrogens with two attached hydrogens (primary N) is 1. The van der Waals surface area contributed by atoms with Crippen LogP contribution in [0.4, 0.5) is 21.7 Å². The van der Waals surface area contributed by atoms with Crippen molar-refractivity contribution in [3.05, 3.63) is 89.8 Å². The quantitative estimate of drug-likeness (QED) is 0.0551. The first-order valence-electron chi connectivity index (χ1n) is 35.4. The van der Waals surface area contributed by atoms with Crippen molar-refractivity contribution in [3.63, 3.8) is 0 Å². The number of fused-ring (bicyclic) bond motifs is 2. The number of halogens is 1. The number of aryl methyl sites for hydroxylation is 1. The Kier molecular flexibility index (Phi) is 21.9. The SMILES string of the molecule is CC(C)OC(=O)CNC(=O)CNC(=O)Cn1nc(C2CCN(C(=O)CCC(=O)N3CCC(CN4CCC(C(=O)N5CCC(C(=O)N6CCC(c7ccc(Nc8nc(N9CCCCC9)cnc8C(N)=O)cc7)CC6)CC5)CC4)CC3)CC2)c2c(-c3cc4c(cnn4C)cc3F)cccc21. The first-order chi connectivity index (χ1) is 47.4. The summed E-state index contributed by atoms with van der Waals surface area (Å²) in [5.74, 6) is -0.817. The molecule has 25 nitrogen and oxygen atoms in total. The minimum Gasteiger partial charge on any atom is -0.462 e. The monoisotopic (exact) mass is 1340 g/mol. The van der Waals surface area contributed by atoms with Crippen LogP contribution >= 0.6 is 0 Å². The predicted molar refractivity (Wildman–Crippen MR) is 367 cm³/mol. The number of carbonyl (C=O) groups is 8. The second-order valence-corrected chi connectivity index (χ2v) is 27.8. The van der Waals surface area contributed by atoms with E-state index >= 15 is 4.39 Å². The van der Waals surface area contributed by atoms with Crippen molar-refractivity contribution >= 4 is 86.4 Å². The zero-order valence-electron chi connectivity index (χ0n) is 56.7. The number of amides is 7. The third-order valence-corrected chi connectivity index (χ3v) is 21.0. The van der Waals surface area contributed by atoms with E-state index in [4.69, 9.17) is 20.6 Å². The molecule has 0 aliphatic carbocycles. The highest BCUT2D eigenvalue weighted by atomic mass is 19.1. The first-order valence-corrected chi connectivity index (χ1v) is 35.4. The molecule has 6 aliphatic heterocycles. The van der Waals surface area contributed by atoms with Crippen molar-refractivity contribution in [2.75, 3.05) is 108 Å². The minimum atomic E-state index is -0.637. The number of hydrogen-bond donors (Lipinski definition) is 4. The molecule has 3 aromatic heterocycles. The highest BCUT2D eigenvalue weighted by molar-refractivity contribution is 6.00. The number of likely N-dealkylation sites (tertiary alicyclic amines) is 5. The number of piperidine rings is 6. The van der Waals surface area contributed by atoms with Crippen LogP contribution in [0.15, 0.2) is 67.0 Å². The number of nitrogens with zero attached hydrogens (tertiary/aromatic N) is 12. The van der Waals surface area contributed by atoms with Gasteiger partial charge in [0.1, 0.15) is 24.7 Å². The summed E-state index contributed by atoms with van der Waals surface area (Å²) < 4.78 is 24.4. The van der Waals surface area contributed by atoms with E-state index in [1.54, 1.807) is 59.7 Å².